The van der Waals surface area contributed by atoms with Gasteiger partial charge in [-0.15, -0.1) is 0 Å². The van der Waals surface area contributed by atoms with Crippen molar-refractivity contribution in [2.24, 2.45) is 34.4 Å². The summed E-state index contributed by atoms with van der Waals surface area (Å²) in [6, 6.07) is 6.17. The standard InChI is InChI=1S/C85H123N21O19S2/c1-46-18-16-21-56-54(45-95-67(46)56)43-62-76(118)97-59(30-31-64(88)110)74(116)105-70(84(7,8)127-126-83(5,6)69(96-49(4)109)79(121)98-57(23-17-37-94-82(91)124)73(115)104-68(47(2)107)78(120)101-62)80(122)102-60(41-50-25-28-55(29-26-50)125-39-35-87)75(117)99-61(42-51-24-27-52-19-10-11-20-53(52)40-51)77(119)106-85(9,33-13-14-34-86)81(123)103-58(22-12-15-36-92-48(3)108)72(114)100-63(44-66(90)112)71(113)93-38-32-65(89)111/h10-11,16,18-21,24-29,40,45,47,57-63,68-70,95,107H,12-15,17,22-23,30-39,41-44,86-87H2,1-9H3,(H2,88,110)(H2,89,111)(H2,90,112)(H,92,108)(H,93,113)(H,96,109)(H,97,118)(H,98,121)(H,99,117)(H,100,114)(H,101,120)(H,102,122)(H,103,123)(H,104,115)(H,105,116)(H,106,119)(H3,91,94,124)/t47-,57+,58+,59+,60+,61+,62+,63+,68+,69-,70-,85+/m1/s1. The van der Waals surface area contributed by atoms with Crippen LogP contribution in [0.15, 0.2) is 91.1 Å². The van der Waals surface area contributed by atoms with Crippen molar-refractivity contribution in [3.8, 4) is 5.75 Å². The van der Waals surface area contributed by atoms with Gasteiger partial charge >= 0.3 is 6.03 Å². The lowest BCUT2D eigenvalue weighted by Gasteiger charge is -2.39. The molecule has 1 aliphatic rings. The highest BCUT2D eigenvalue weighted by molar-refractivity contribution is 8.77. The molecule has 0 spiro atoms. The third-order valence-corrected chi connectivity index (χ3v) is 25.2. The van der Waals surface area contributed by atoms with Crippen LogP contribution in [0.2, 0.25) is 0 Å². The minimum absolute atomic E-state index is 0.0226. The summed E-state index contributed by atoms with van der Waals surface area (Å²) in [5.74, 6) is -14.8. The molecule has 0 saturated carbocycles. The van der Waals surface area contributed by atoms with Gasteiger partial charge in [0.05, 0.1) is 12.5 Å². The number of benzene rings is 4. The maximum Gasteiger partial charge on any atom is 0.312 e. The number of carbonyl (C=O) groups excluding carboxylic acids is 17. The lowest BCUT2D eigenvalue weighted by molar-refractivity contribution is -0.138. The molecule has 1 saturated heterocycles. The number of hydrogen-bond acceptors (Lipinski definition) is 23. The van der Waals surface area contributed by atoms with Gasteiger partial charge in [-0.1, -0.05) is 94.4 Å². The largest absolute Gasteiger partial charge is 0.492 e. The van der Waals surface area contributed by atoms with Crippen molar-refractivity contribution >= 4 is 144 Å². The average molecular weight is 1810 g/mol. The van der Waals surface area contributed by atoms with Gasteiger partial charge in [0.25, 0.3) is 0 Å². The van der Waals surface area contributed by atoms with Gasteiger partial charge in [-0.3, -0.25) is 76.7 Å². The fraction of sp³-hybridized carbons (Fsp3) is 0.518. The van der Waals surface area contributed by atoms with Crippen LogP contribution in [0.3, 0.4) is 0 Å². The molecule has 0 bridgehead atoms. The molecule has 0 aliphatic carbocycles. The summed E-state index contributed by atoms with van der Waals surface area (Å²) in [6.07, 6.45) is -3.04. The first-order chi connectivity index (χ1) is 59.9. The number of fused-ring (bicyclic) bond motifs is 2. The molecule has 4 aromatic carbocycles. The number of aromatic amines is 1. The highest BCUT2D eigenvalue weighted by Gasteiger charge is 2.47. The zero-order valence-corrected chi connectivity index (χ0v) is 74.6. The van der Waals surface area contributed by atoms with E-state index in [4.69, 9.17) is 39.1 Å². The maximum atomic E-state index is 16.3. The number of hydrogen-bond donors (Lipinski definition) is 22. The molecule has 694 valence electrons. The van der Waals surface area contributed by atoms with E-state index in [1.807, 2.05) is 31.2 Å². The zero-order chi connectivity index (χ0) is 94.0. The molecular formula is C85H123N21O19S2. The molecule has 2 heterocycles. The number of para-hydroxylation sites is 1. The average Bonchev–Trinajstić information content (AvgIpc) is 1.56. The number of primary amides is 4. The molecule has 1 fully saturated rings. The molecule has 28 N–H and O–H groups in total. The molecule has 0 unspecified atom stereocenters. The summed E-state index contributed by atoms with van der Waals surface area (Å²) in [5, 5.41) is 50.5. The van der Waals surface area contributed by atoms with E-state index >= 15 is 33.6 Å². The van der Waals surface area contributed by atoms with Crippen LogP contribution in [-0.4, -0.2) is 232 Å². The second kappa shape index (κ2) is 49.7. The number of amides is 18. The van der Waals surface area contributed by atoms with E-state index in [0.717, 1.165) is 39.5 Å². The van der Waals surface area contributed by atoms with Crippen LogP contribution in [0.5, 0.6) is 5.75 Å². The number of ether oxygens (including phenoxy) is 1. The fourth-order valence-electron chi connectivity index (χ4n) is 14.0. The third kappa shape index (κ3) is 33.3. The van der Waals surface area contributed by atoms with Gasteiger partial charge < -0.3 is 124 Å². The first-order valence-corrected chi connectivity index (χ1v) is 44.0. The van der Waals surface area contributed by atoms with Crippen LogP contribution < -0.4 is 114 Å². The molecule has 0 radical (unpaired) electrons. The number of aryl methyl sites for hydroxylation is 1. The number of urea groups is 1. The van der Waals surface area contributed by atoms with Crippen LogP contribution in [0.25, 0.3) is 21.7 Å². The molecule has 12 atom stereocenters. The number of aliphatic hydroxyl groups excluding tert-OH is 1. The monoisotopic (exact) mass is 1810 g/mol. The summed E-state index contributed by atoms with van der Waals surface area (Å²) in [6.45, 7) is 13.0. The number of unbranched alkanes of at least 4 members (excludes halogenated alkanes) is 2. The first-order valence-electron chi connectivity index (χ1n) is 41.9. The minimum Gasteiger partial charge on any atom is -0.492 e. The van der Waals surface area contributed by atoms with Crippen molar-refractivity contribution in [3.63, 3.8) is 0 Å². The molecule has 6 rings (SSSR count). The summed E-state index contributed by atoms with van der Waals surface area (Å²) in [7, 11) is 1.81. The number of H-pyrrole nitrogens is 1. The second-order valence-corrected chi connectivity index (χ2v) is 36.1. The predicted molar refractivity (Wildman–Crippen MR) is 477 cm³/mol. The van der Waals surface area contributed by atoms with E-state index in [2.05, 4.69) is 79.4 Å². The predicted octanol–water partition coefficient (Wildman–Crippen LogP) is -1.91. The van der Waals surface area contributed by atoms with E-state index in [1.54, 1.807) is 80.7 Å². The molecule has 1 aliphatic heterocycles. The molecule has 5 aromatic rings. The first kappa shape index (κ1) is 104. The normalized spacial score (nSPS) is 19.1. The van der Waals surface area contributed by atoms with Crippen molar-refractivity contribution in [2.75, 3.05) is 39.3 Å². The Hall–Kier alpha value is -12.1. The highest BCUT2D eigenvalue weighted by atomic mass is 33.1. The quantitative estimate of drug-likeness (QED) is 0.0150. The maximum absolute atomic E-state index is 16.3. The number of aliphatic hydroxyl groups is 1. The van der Waals surface area contributed by atoms with Crippen LogP contribution in [0, 0.1) is 6.92 Å². The van der Waals surface area contributed by atoms with Gasteiger partial charge in [0, 0.05) is 98.7 Å². The molecule has 127 heavy (non-hydrogen) atoms. The van der Waals surface area contributed by atoms with Gasteiger partial charge in [-0.25, -0.2) is 4.79 Å². The summed E-state index contributed by atoms with van der Waals surface area (Å²) in [5.41, 5.74) is 34.4. The number of carbonyl (C=O) groups is 17. The van der Waals surface area contributed by atoms with Crippen molar-refractivity contribution in [1.82, 2.24) is 79.4 Å². The van der Waals surface area contributed by atoms with Crippen molar-refractivity contribution < 1.29 is 91.4 Å². The lowest BCUT2D eigenvalue weighted by atomic mass is 9.91. The molecule has 1 aromatic heterocycles. The molecule has 42 heteroatoms. The van der Waals surface area contributed by atoms with Crippen LogP contribution in [-0.2, 0) is 96.0 Å². The topological polar surface area (TPSA) is 660 Å². The molecule has 40 nitrogen and oxygen atoms in total. The van der Waals surface area contributed by atoms with Gasteiger partial charge in [0.1, 0.15) is 78.3 Å². The number of nitrogens with one attached hydrogen (secondary N) is 15. The van der Waals surface area contributed by atoms with E-state index in [-0.39, 0.29) is 109 Å². The summed E-state index contributed by atoms with van der Waals surface area (Å²) < 4.78 is 2.56. The van der Waals surface area contributed by atoms with E-state index in [1.165, 1.54) is 34.6 Å². The van der Waals surface area contributed by atoms with Crippen molar-refractivity contribution in [3.05, 3.63) is 113 Å². The lowest BCUT2D eigenvalue weighted by Crippen LogP contribution is -2.65. The van der Waals surface area contributed by atoms with Crippen LogP contribution in [0.1, 0.15) is 155 Å². The SMILES string of the molecule is CC(=O)NCCCC[C@H](NC(=O)[C@](C)(CCCCN)NC(=O)[C@H](Cc1ccc2ccccc2c1)NC(=O)[C@H](Cc1ccc(OCCN)cc1)NC(=O)[C@H]1NC(=O)[C@H](CCC(N)=O)NC(=O)[C@H](Cc2c[nH]c3c(C)cccc23)NC(=O)[C@H]([C@@H](C)O)NC(=O)[C@H](CCCNC(N)=O)NC(=O)[C@@H](NC(C)=O)C(C)(C)SSC1(C)C)C(=O)N[C@@H](CC(N)=O)C(=O)NCCC(N)=O. The molecular weight excluding hydrogens is 1680 g/mol. The second-order valence-electron chi connectivity index (χ2n) is 32.6. The van der Waals surface area contributed by atoms with Gasteiger partial charge in [-0.2, -0.15) is 0 Å². The minimum atomic E-state index is -2.01. The smallest absolute Gasteiger partial charge is 0.312 e. The Morgan fingerprint density at radius 3 is 1.81 bits per heavy atom. The van der Waals surface area contributed by atoms with Crippen molar-refractivity contribution in [1.29, 1.82) is 0 Å². The van der Waals surface area contributed by atoms with E-state index in [0.29, 0.717) is 45.1 Å². The van der Waals surface area contributed by atoms with Gasteiger partial charge in [0.15, 0.2) is 0 Å². The Bertz CT molecular complexity index is 4740. The Morgan fingerprint density at radius 1 is 0.559 bits per heavy atom. The highest BCUT2D eigenvalue weighted by Crippen LogP contribution is 2.47. The Labute approximate surface area is 743 Å². The van der Waals surface area contributed by atoms with E-state index in [9.17, 15) is 53.1 Å². The Morgan fingerprint density at radius 2 is 1.17 bits per heavy atom. The van der Waals surface area contributed by atoms with Gasteiger partial charge in [-0.05, 0) is 158 Å². The fourth-order valence-corrected chi connectivity index (χ4v) is 16.8. The summed E-state index contributed by atoms with van der Waals surface area (Å²) in [4.78, 5) is 244. The number of nitrogens with two attached hydrogens (primary N) is 6. The number of rotatable bonds is 43. The number of aromatic nitrogens is 1. The zero-order valence-electron chi connectivity index (χ0n) is 72.9. The van der Waals surface area contributed by atoms with Gasteiger partial charge in [0.2, 0.25) is 94.5 Å². The summed E-state index contributed by atoms with van der Waals surface area (Å²) >= 11 is 0. The van der Waals surface area contributed by atoms with Crippen molar-refractivity contribution in [2.45, 2.75) is 240 Å². The van der Waals surface area contributed by atoms with Crippen LogP contribution >= 0.6 is 21.6 Å². The molecule has 18 amide bonds. The van der Waals surface area contributed by atoms with Crippen LogP contribution in [0.4, 0.5) is 4.79 Å². The third-order valence-electron chi connectivity index (χ3n) is 21.0. The van der Waals surface area contributed by atoms with E-state index < -0.39 is 202 Å². The Kier molecular flexibility index (Phi) is 40.5. The Balaban J connectivity index is 1.53.